The van der Waals surface area contributed by atoms with E-state index >= 15 is 0 Å². The normalized spacial score (nSPS) is 12.7. The third-order valence-corrected chi connectivity index (χ3v) is 6.06. The molecule has 3 aromatic rings. The SMILES string of the molecule is CNC(=O)C(Cc1ccccc1)NS(=O)(=O)c1ccc(C)c2ccccc12. The van der Waals surface area contributed by atoms with Crippen molar-refractivity contribution in [2.45, 2.75) is 24.3 Å². The summed E-state index contributed by atoms with van der Waals surface area (Å²) >= 11 is 0. The highest BCUT2D eigenvalue weighted by Crippen LogP contribution is 2.26. The van der Waals surface area contributed by atoms with Gasteiger partial charge in [0.05, 0.1) is 4.90 Å². The van der Waals surface area contributed by atoms with Crippen molar-refractivity contribution in [1.29, 1.82) is 0 Å². The third-order valence-electron chi connectivity index (χ3n) is 4.53. The molecule has 0 aliphatic rings. The molecule has 0 aromatic heterocycles. The third kappa shape index (κ3) is 4.18. The van der Waals surface area contributed by atoms with Crippen molar-refractivity contribution in [3.05, 3.63) is 77.9 Å². The molecule has 5 nitrogen and oxygen atoms in total. The quantitative estimate of drug-likeness (QED) is 0.688. The van der Waals surface area contributed by atoms with E-state index in [2.05, 4.69) is 10.0 Å². The molecule has 3 aromatic carbocycles. The van der Waals surface area contributed by atoms with Crippen molar-refractivity contribution < 1.29 is 13.2 Å². The molecule has 0 fully saturated rings. The maximum atomic E-state index is 13.1. The van der Waals surface area contributed by atoms with Crippen LogP contribution in [-0.4, -0.2) is 27.4 Å². The topological polar surface area (TPSA) is 75.3 Å². The van der Waals surface area contributed by atoms with Crippen LogP contribution in [-0.2, 0) is 21.2 Å². The highest BCUT2D eigenvalue weighted by molar-refractivity contribution is 7.89. The van der Waals surface area contributed by atoms with Crippen molar-refractivity contribution in [3.63, 3.8) is 0 Å². The molecule has 0 bridgehead atoms. The first-order valence-corrected chi connectivity index (χ1v) is 10.2. The van der Waals surface area contributed by atoms with Gasteiger partial charge in [-0.2, -0.15) is 4.72 Å². The second-order valence-electron chi connectivity index (χ2n) is 6.40. The number of aryl methyl sites for hydroxylation is 1. The Labute approximate surface area is 159 Å². The predicted octanol–water partition coefficient (Wildman–Crippen LogP) is 2.78. The van der Waals surface area contributed by atoms with Crippen molar-refractivity contribution in [2.75, 3.05) is 7.05 Å². The lowest BCUT2D eigenvalue weighted by molar-refractivity contribution is -0.122. The maximum Gasteiger partial charge on any atom is 0.241 e. The molecule has 0 aliphatic carbocycles. The van der Waals surface area contributed by atoms with E-state index in [0.717, 1.165) is 16.5 Å². The van der Waals surface area contributed by atoms with Crippen LogP contribution in [0.15, 0.2) is 71.6 Å². The van der Waals surface area contributed by atoms with Crippen LogP contribution in [0, 0.1) is 6.92 Å². The number of nitrogens with one attached hydrogen (secondary N) is 2. The fourth-order valence-electron chi connectivity index (χ4n) is 3.12. The van der Waals surface area contributed by atoms with E-state index in [1.165, 1.54) is 7.05 Å². The molecular weight excluding hydrogens is 360 g/mol. The predicted molar refractivity (Wildman–Crippen MR) is 107 cm³/mol. The van der Waals surface area contributed by atoms with E-state index in [1.54, 1.807) is 24.3 Å². The molecule has 1 unspecified atom stereocenters. The van der Waals surface area contributed by atoms with Crippen LogP contribution >= 0.6 is 0 Å². The summed E-state index contributed by atoms with van der Waals surface area (Å²) in [6.07, 6.45) is 0.267. The molecule has 0 spiro atoms. The number of fused-ring (bicyclic) bond motifs is 1. The zero-order valence-corrected chi connectivity index (χ0v) is 16.1. The van der Waals surface area contributed by atoms with E-state index in [9.17, 15) is 13.2 Å². The van der Waals surface area contributed by atoms with Gasteiger partial charge in [-0.25, -0.2) is 8.42 Å². The molecule has 3 rings (SSSR count). The van der Waals surface area contributed by atoms with E-state index in [0.29, 0.717) is 5.39 Å². The molecule has 140 valence electrons. The first kappa shape index (κ1) is 19.1. The van der Waals surface area contributed by atoms with Gasteiger partial charge < -0.3 is 5.32 Å². The number of likely N-dealkylation sites (N-methyl/N-ethyl adjacent to an activating group) is 1. The lowest BCUT2D eigenvalue weighted by Crippen LogP contribution is -2.46. The second-order valence-corrected chi connectivity index (χ2v) is 8.09. The van der Waals surface area contributed by atoms with Gasteiger partial charge in [0.2, 0.25) is 15.9 Å². The fraction of sp³-hybridized carbons (Fsp3) is 0.190. The Morgan fingerprint density at radius 1 is 0.926 bits per heavy atom. The number of carbonyl (C=O) groups excluding carboxylic acids is 1. The largest absolute Gasteiger partial charge is 0.358 e. The highest BCUT2D eigenvalue weighted by atomic mass is 32.2. The summed E-state index contributed by atoms with van der Waals surface area (Å²) in [5.41, 5.74) is 1.87. The molecule has 2 N–H and O–H groups in total. The van der Waals surface area contributed by atoms with Crippen LogP contribution in [0.1, 0.15) is 11.1 Å². The van der Waals surface area contributed by atoms with Gasteiger partial charge in [0.15, 0.2) is 0 Å². The second kappa shape index (κ2) is 7.90. The summed E-state index contributed by atoms with van der Waals surface area (Å²) in [4.78, 5) is 12.5. The van der Waals surface area contributed by atoms with Crippen molar-refractivity contribution in [2.24, 2.45) is 0 Å². The average Bonchev–Trinajstić information content (AvgIpc) is 2.67. The first-order valence-electron chi connectivity index (χ1n) is 8.68. The van der Waals surface area contributed by atoms with Gasteiger partial charge in [-0.3, -0.25) is 4.79 Å². The summed E-state index contributed by atoms with van der Waals surface area (Å²) in [6.45, 7) is 1.94. The van der Waals surface area contributed by atoms with E-state index < -0.39 is 16.1 Å². The number of hydrogen-bond acceptors (Lipinski definition) is 3. The van der Waals surface area contributed by atoms with Crippen LogP contribution in [0.5, 0.6) is 0 Å². The molecule has 1 amide bonds. The number of hydrogen-bond donors (Lipinski definition) is 2. The smallest absolute Gasteiger partial charge is 0.241 e. The van der Waals surface area contributed by atoms with Crippen LogP contribution in [0.25, 0.3) is 10.8 Å². The van der Waals surface area contributed by atoms with Gasteiger partial charge in [0, 0.05) is 12.4 Å². The minimum absolute atomic E-state index is 0.172. The zero-order chi connectivity index (χ0) is 19.4. The van der Waals surface area contributed by atoms with Crippen LogP contribution in [0.2, 0.25) is 0 Å². The number of benzene rings is 3. The summed E-state index contributed by atoms with van der Waals surface area (Å²) in [6, 6.07) is 19.2. The molecule has 0 heterocycles. The molecule has 6 heteroatoms. The first-order chi connectivity index (χ1) is 12.9. The molecule has 1 atom stereocenters. The van der Waals surface area contributed by atoms with Crippen molar-refractivity contribution in [1.82, 2.24) is 10.0 Å². The fourth-order valence-corrected chi connectivity index (χ4v) is 4.53. The van der Waals surface area contributed by atoms with Crippen molar-refractivity contribution in [3.8, 4) is 0 Å². The average molecular weight is 382 g/mol. The number of rotatable bonds is 6. The number of amides is 1. The summed E-state index contributed by atoms with van der Waals surface area (Å²) < 4.78 is 28.8. The van der Waals surface area contributed by atoms with E-state index in [4.69, 9.17) is 0 Å². The Morgan fingerprint density at radius 2 is 1.56 bits per heavy atom. The molecule has 0 saturated carbocycles. The van der Waals surface area contributed by atoms with E-state index in [1.807, 2.05) is 49.4 Å². The Balaban J connectivity index is 1.98. The number of carbonyl (C=O) groups is 1. The minimum Gasteiger partial charge on any atom is -0.358 e. The summed E-state index contributed by atoms with van der Waals surface area (Å²) in [5, 5.41) is 4.05. The van der Waals surface area contributed by atoms with Crippen LogP contribution in [0.4, 0.5) is 0 Å². The molecule has 0 radical (unpaired) electrons. The van der Waals surface area contributed by atoms with Crippen molar-refractivity contribution >= 4 is 26.7 Å². The Morgan fingerprint density at radius 3 is 2.22 bits per heavy atom. The van der Waals surface area contributed by atoms with Gasteiger partial charge in [-0.15, -0.1) is 0 Å². The van der Waals surface area contributed by atoms with Gasteiger partial charge in [0.25, 0.3) is 0 Å². The Kier molecular flexibility index (Phi) is 5.58. The standard InChI is InChI=1S/C21H22N2O3S/c1-15-12-13-20(18-11-7-6-10-17(15)18)27(25,26)23-19(21(24)22-2)14-16-8-4-3-5-9-16/h3-13,19,23H,14H2,1-2H3,(H,22,24). The Bertz CT molecular complexity index is 1060. The zero-order valence-electron chi connectivity index (χ0n) is 15.3. The maximum absolute atomic E-state index is 13.1. The molecule has 0 saturated heterocycles. The Hall–Kier alpha value is -2.70. The monoisotopic (exact) mass is 382 g/mol. The molecule has 0 aliphatic heterocycles. The van der Waals surface area contributed by atoms with Crippen LogP contribution < -0.4 is 10.0 Å². The molecular formula is C21H22N2O3S. The summed E-state index contributed by atoms with van der Waals surface area (Å²) in [7, 11) is -2.39. The lowest BCUT2D eigenvalue weighted by Gasteiger charge is -2.18. The lowest BCUT2D eigenvalue weighted by atomic mass is 10.1. The van der Waals surface area contributed by atoms with E-state index in [-0.39, 0.29) is 17.2 Å². The number of sulfonamides is 1. The van der Waals surface area contributed by atoms with Crippen LogP contribution in [0.3, 0.4) is 0 Å². The van der Waals surface area contributed by atoms with Gasteiger partial charge >= 0.3 is 0 Å². The van der Waals surface area contributed by atoms with Gasteiger partial charge in [0.1, 0.15) is 6.04 Å². The summed E-state index contributed by atoms with van der Waals surface area (Å²) in [5.74, 6) is -0.376. The van der Waals surface area contributed by atoms with Gasteiger partial charge in [-0.1, -0.05) is 60.7 Å². The molecule has 27 heavy (non-hydrogen) atoms. The van der Waals surface area contributed by atoms with Gasteiger partial charge in [-0.05, 0) is 35.9 Å². The highest BCUT2D eigenvalue weighted by Gasteiger charge is 2.26. The minimum atomic E-state index is -3.89.